The maximum atomic E-state index is 13.3. The lowest BCUT2D eigenvalue weighted by Gasteiger charge is -2.34. The number of fused-ring (bicyclic) bond motifs is 5. The van der Waals surface area contributed by atoms with Crippen molar-refractivity contribution in [1.29, 1.82) is 0 Å². The first kappa shape index (κ1) is 23.6. The highest BCUT2D eigenvalue weighted by atomic mass is 19.4. The summed E-state index contributed by atoms with van der Waals surface area (Å²) in [5, 5.41) is 0. The van der Waals surface area contributed by atoms with Crippen molar-refractivity contribution in [2.45, 2.75) is 43.4 Å². The molecule has 1 fully saturated rings. The highest BCUT2D eigenvalue weighted by Gasteiger charge is 2.42. The number of rotatable bonds is 4. The molecule has 7 heteroatoms. The number of nitrogens with zero attached hydrogens (tertiary/aromatic N) is 1. The van der Waals surface area contributed by atoms with Gasteiger partial charge in [0.25, 0.3) is 0 Å². The van der Waals surface area contributed by atoms with Crippen molar-refractivity contribution in [3.05, 3.63) is 95.1 Å². The van der Waals surface area contributed by atoms with E-state index in [1.165, 1.54) is 24.3 Å². The van der Waals surface area contributed by atoms with Gasteiger partial charge in [0.2, 0.25) is 0 Å². The lowest BCUT2D eigenvalue weighted by atomic mass is 9.93. The van der Waals surface area contributed by atoms with E-state index in [0.29, 0.717) is 12.0 Å². The van der Waals surface area contributed by atoms with Crippen LogP contribution in [0.2, 0.25) is 0 Å². The standard InChI is InChI=1S/C30H26F3NO3/c1-36-28-16-19(30(31,32)33)10-13-22(28)18-14-20-11-12-21(15-18)34(20)29(35)37-17-27-25-8-4-2-6-23(25)24-7-3-5-9-26(24)27/h2-10,13-14,16,20-21,27H,11-12,15,17H2,1H3. The number of carbonyl (C=O) groups is 1. The van der Waals surface area contributed by atoms with Gasteiger partial charge in [-0.1, -0.05) is 60.7 Å². The molecule has 2 bridgehead atoms. The normalized spacial score (nSPS) is 20.3. The molecule has 0 N–H and O–H groups in total. The Balaban J connectivity index is 1.20. The Morgan fingerprint density at radius 1 is 0.946 bits per heavy atom. The smallest absolute Gasteiger partial charge is 0.416 e. The van der Waals surface area contributed by atoms with Crippen LogP contribution < -0.4 is 4.74 Å². The van der Waals surface area contributed by atoms with E-state index in [0.717, 1.165) is 41.7 Å². The molecule has 0 spiro atoms. The highest BCUT2D eigenvalue weighted by Crippen LogP contribution is 2.46. The lowest BCUT2D eigenvalue weighted by Crippen LogP contribution is -2.43. The Bertz CT molecular complexity index is 1350. The van der Waals surface area contributed by atoms with Crippen LogP contribution in [-0.2, 0) is 10.9 Å². The van der Waals surface area contributed by atoms with E-state index < -0.39 is 11.7 Å². The molecule has 3 aromatic rings. The van der Waals surface area contributed by atoms with E-state index in [2.05, 4.69) is 24.3 Å². The summed E-state index contributed by atoms with van der Waals surface area (Å²) in [6.45, 7) is 0.256. The minimum atomic E-state index is -4.44. The van der Waals surface area contributed by atoms with E-state index in [1.54, 1.807) is 4.90 Å². The van der Waals surface area contributed by atoms with Gasteiger partial charge in [0.1, 0.15) is 12.4 Å². The molecule has 3 aliphatic rings. The summed E-state index contributed by atoms with van der Waals surface area (Å²) in [5.41, 5.74) is 5.48. The van der Waals surface area contributed by atoms with Gasteiger partial charge in [-0.05, 0) is 59.2 Å². The van der Waals surface area contributed by atoms with Gasteiger partial charge in [0.15, 0.2) is 0 Å². The number of ether oxygens (including phenoxy) is 2. The van der Waals surface area contributed by atoms with Gasteiger partial charge in [-0.15, -0.1) is 0 Å². The minimum absolute atomic E-state index is 0.0127. The summed E-state index contributed by atoms with van der Waals surface area (Å²) in [4.78, 5) is 15.1. The Labute approximate surface area is 213 Å². The molecule has 2 unspecified atom stereocenters. The van der Waals surface area contributed by atoms with Crippen LogP contribution in [0.15, 0.2) is 72.8 Å². The molecule has 1 aliphatic carbocycles. The summed E-state index contributed by atoms with van der Waals surface area (Å²) in [5.74, 6) is 0.177. The summed E-state index contributed by atoms with van der Waals surface area (Å²) >= 11 is 0. The molecule has 1 amide bonds. The number of carbonyl (C=O) groups excluding carboxylic acids is 1. The van der Waals surface area contributed by atoms with E-state index in [4.69, 9.17) is 9.47 Å². The van der Waals surface area contributed by atoms with Gasteiger partial charge < -0.3 is 9.47 Å². The third-order valence-corrected chi connectivity index (χ3v) is 7.82. The molecule has 6 rings (SSSR count). The van der Waals surface area contributed by atoms with Gasteiger partial charge in [0.05, 0.1) is 18.7 Å². The fourth-order valence-electron chi connectivity index (χ4n) is 6.12. The topological polar surface area (TPSA) is 38.8 Å². The van der Waals surface area contributed by atoms with Gasteiger partial charge in [0, 0.05) is 17.5 Å². The zero-order valence-electron chi connectivity index (χ0n) is 20.3. The second kappa shape index (κ2) is 8.98. The molecule has 0 saturated carbocycles. The molecule has 3 aromatic carbocycles. The molecule has 37 heavy (non-hydrogen) atoms. The van der Waals surface area contributed by atoms with Crippen LogP contribution in [0, 0.1) is 0 Å². The van der Waals surface area contributed by atoms with Crippen molar-refractivity contribution in [3.8, 4) is 16.9 Å². The molecule has 2 aliphatic heterocycles. The quantitative estimate of drug-likeness (QED) is 0.374. The van der Waals surface area contributed by atoms with Crippen LogP contribution in [0.3, 0.4) is 0 Å². The summed E-state index contributed by atoms with van der Waals surface area (Å²) in [6.07, 6.45) is -0.645. The first-order valence-electron chi connectivity index (χ1n) is 12.4. The highest BCUT2D eigenvalue weighted by molar-refractivity contribution is 5.80. The average molecular weight is 506 g/mol. The molecule has 4 nitrogen and oxygen atoms in total. The third kappa shape index (κ3) is 4.06. The number of alkyl halides is 3. The predicted octanol–water partition coefficient (Wildman–Crippen LogP) is 7.28. The Hall–Kier alpha value is -3.74. The number of hydrogen-bond acceptors (Lipinski definition) is 3. The SMILES string of the molecule is COc1cc(C(F)(F)F)ccc1C1=CC2CCC(C1)N2C(=O)OCC1c2ccccc2-c2ccccc21. The lowest BCUT2D eigenvalue weighted by molar-refractivity contribution is -0.137. The fraction of sp³-hybridized carbons (Fsp3) is 0.300. The largest absolute Gasteiger partial charge is 0.496 e. The monoisotopic (exact) mass is 505 g/mol. The van der Waals surface area contributed by atoms with Crippen molar-refractivity contribution in [2.24, 2.45) is 0 Å². The maximum Gasteiger partial charge on any atom is 0.416 e. The van der Waals surface area contributed by atoms with Gasteiger partial charge in [-0.25, -0.2) is 4.79 Å². The van der Waals surface area contributed by atoms with Crippen LogP contribution in [0.5, 0.6) is 5.75 Å². The van der Waals surface area contributed by atoms with Crippen molar-refractivity contribution in [3.63, 3.8) is 0 Å². The van der Waals surface area contributed by atoms with Crippen molar-refractivity contribution < 1.29 is 27.4 Å². The second-order valence-electron chi connectivity index (χ2n) is 9.82. The minimum Gasteiger partial charge on any atom is -0.496 e. The number of halogens is 3. The maximum absolute atomic E-state index is 13.3. The molecule has 1 saturated heterocycles. The molecule has 0 aromatic heterocycles. The molecular formula is C30H26F3NO3. The van der Waals surface area contributed by atoms with Gasteiger partial charge in [-0.2, -0.15) is 13.2 Å². The first-order valence-corrected chi connectivity index (χ1v) is 12.4. The Kier molecular flexibility index (Phi) is 5.74. The molecule has 0 radical (unpaired) electrons. The summed E-state index contributed by atoms with van der Waals surface area (Å²) < 4.78 is 50.7. The van der Waals surface area contributed by atoms with E-state index in [9.17, 15) is 18.0 Å². The average Bonchev–Trinajstić information content (AvgIpc) is 3.36. The molecule has 2 atom stereocenters. The Morgan fingerprint density at radius 3 is 2.24 bits per heavy atom. The second-order valence-corrected chi connectivity index (χ2v) is 9.82. The van der Waals surface area contributed by atoms with Crippen molar-refractivity contribution in [1.82, 2.24) is 4.90 Å². The zero-order chi connectivity index (χ0) is 25.7. The van der Waals surface area contributed by atoms with E-state index in [-0.39, 0.29) is 36.5 Å². The third-order valence-electron chi connectivity index (χ3n) is 7.82. The number of amides is 1. The fourth-order valence-corrected chi connectivity index (χ4v) is 6.12. The van der Waals surface area contributed by atoms with Crippen LogP contribution in [-0.4, -0.2) is 36.8 Å². The summed E-state index contributed by atoms with van der Waals surface area (Å²) in [7, 11) is 1.37. The van der Waals surface area contributed by atoms with Crippen LogP contribution >= 0.6 is 0 Å². The van der Waals surface area contributed by atoms with Crippen molar-refractivity contribution in [2.75, 3.05) is 13.7 Å². The van der Waals surface area contributed by atoms with Crippen molar-refractivity contribution >= 4 is 11.7 Å². The van der Waals surface area contributed by atoms with Crippen LogP contribution in [0.1, 0.15) is 47.4 Å². The van der Waals surface area contributed by atoms with Crippen LogP contribution in [0.4, 0.5) is 18.0 Å². The molecule has 190 valence electrons. The van der Waals surface area contributed by atoms with Crippen LogP contribution in [0.25, 0.3) is 16.7 Å². The number of benzene rings is 3. The van der Waals surface area contributed by atoms with Gasteiger partial charge in [-0.3, -0.25) is 4.90 Å². The Morgan fingerprint density at radius 2 is 1.62 bits per heavy atom. The zero-order valence-corrected chi connectivity index (χ0v) is 20.3. The first-order chi connectivity index (χ1) is 17.8. The van der Waals surface area contributed by atoms with E-state index >= 15 is 0 Å². The van der Waals surface area contributed by atoms with Gasteiger partial charge >= 0.3 is 12.3 Å². The number of methoxy groups -OCH3 is 1. The van der Waals surface area contributed by atoms with E-state index in [1.807, 2.05) is 30.3 Å². The predicted molar refractivity (Wildman–Crippen MR) is 134 cm³/mol. The molecule has 2 heterocycles. The number of hydrogen-bond donors (Lipinski definition) is 0. The summed E-state index contributed by atoms with van der Waals surface area (Å²) in [6, 6.07) is 19.8. The molecular weight excluding hydrogens is 479 g/mol.